The molecule has 1 fully saturated rings. The van der Waals surface area contributed by atoms with Crippen LogP contribution in [0.3, 0.4) is 0 Å². The predicted molar refractivity (Wildman–Crippen MR) is 129 cm³/mol. The Labute approximate surface area is 206 Å². The summed E-state index contributed by atoms with van der Waals surface area (Å²) >= 11 is 4.08. The van der Waals surface area contributed by atoms with Crippen LogP contribution in [0.15, 0.2) is 52.7 Å². The zero-order valence-corrected chi connectivity index (χ0v) is 21.0. The van der Waals surface area contributed by atoms with Gasteiger partial charge in [-0.05, 0) is 37.0 Å². The number of alkyl halides is 3. The van der Waals surface area contributed by atoms with Gasteiger partial charge in [0.25, 0.3) is 5.03 Å². The topological polar surface area (TPSA) is 74.4 Å². The van der Waals surface area contributed by atoms with E-state index in [1.54, 1.807) is 18.2 Å². The normalized spacial score (nSPS) is 16.4. The quantitative estimate of drug-likeness (QED) is 0.361. The second kappa shape index (κ2) is 10.4. The van der Waals surface area contributed by atoms with Crippen molar-refractivity contribution >= 4 is 34.2 Å². The largest absolute Gasteiger partial charge is 0.605 e. The van der Waals surface area contributed by atoms with Crippen molar-refractivity contribution in [3.63, 3.8) is 0 Å². The van der Waals surface area contributed by atoms with E-state index in [4.69, 9.17) is 22.1 Å². The third-order valence-corrected chi connectivity index (χ3v) is 7.55. The Balaban J connectivity index is 1.91. The van der Waals surface area contributed by atoms with Crippen LogP contribution in [-0.2, 0) is 22.1 Å². The molecule has 1 atom stereocenters. The fraction of sp³-hybridized carbons (Fsp3) is 0.458. The van der Waals surface area contributed by atoms with Crippen LogP contribution >= 0.6 is 11.6 Å². The van der Waals surface area contributed by atoms with Crippen LogP contribution in [0, 0.1) is 11.3 Å². The second-order valence-corrected chi connectivity index (χ2v) is 11.2. The van der Waals surface area contributed by atoms with E-state index in [1.165, 1.54) is 0 Å². The fourth-order valence-corrected chi connectivity index (χ4v) is 5.08. The minimum atomic E-state index is -4.59. The SMILES string of the molecule is C=C(N(CC1CCOCC1)c1ccc([S+]([O-])c2ncc(C(F)(F)F)cc2Cl)cc1N)C(C)(C)C. The summed E-state index contributed by atoms with van der Waals surface area (Å²) in [6.07, 6.45) is -2.09. The highest BCUT2D eigenvalue weighted by Crippen LogP contribution is 2.38. The summed E-state index contributed by atoms with van der Waals surface area (Å²) in [5.41, 5.74) is 7.20. The van der Waals surface area contributed by atoms with E-state index in [2.05, 4.69) is 37.2 Å². The molecule has 0 radical (unpaired) electrons. The molecule has 186 valence electrons. The van der Waals surface area contributed by atoms with E-state index >= 15 is 0 Å². The number of hydrogen-bond acceptors (Lipinski definition) is 5. The van der Waals surface area contributed by atoms with Gasteiger partial charge >= 0.3 is 6.18 Å². The Hall–Kier alpha value is -1.94. The van der Waals surface area contributed by atoms with Gasteiger partial charge in [-0.2, -0.15) is 13.2 Å². The number of allylic oxidation sites excluding steroid dienone is 1. The Morgan fingerprint density at radius 2 is 1.91 bits per heavy atom. The standard InChI is InChI=1S/C24H29ClF3N3O2S/c1-15(23(2,3)4)31(14-16-7-9-33-10-8-16)21-6-5-18(12-20(21)29)34(32)22-19(25)11-17(13-30-22)24(26,27)28/h5-6,11-13,16H,1,7-10,14,29H2,2-4H3. The molecule has 3 rings (SSSR count). The van der Waals surface area contributed by atoms with Gasteiger partial charge in [-0.15, -0.1) is 0 Å². The van der Waals surface area contributed by atoms with Gasteiger partial charge < -0.3 is 19.9 Å². The number of rotatable bonds is 6. The van der Waals surface area contributed by atoms with Crippen LogP contribution < -0.4 is 10.6 Å². The number of anilines is 2. The number of aromatic nitrogens is 1. The Kier molecular flexibility index (Phi) is 8.12. The number of nitrogens with two attached hydrogens (primary N) is 1. The van der Waals surface area contributed by atoms with Gasteiger partial charge in [0.2, 0.25) is 0 Å². The molecule has 0 amide bonds. The first kappa shape index (κ1) is 26.7. The first-order valence-electron chi connectivity index (χ1n) is 10.9. The number of halogens is 4. The van der Waals surface area contributed by atoms with Crippen molar-refractivity contribution in [3.8, 4) is 0 Å². The molecular weight excluding hydrogens is 487 g/mol. The molecule has 1 aliphatic heterocycles. The molecule has 0 aliphatic carbocycles. The third kappa shape index (κ3) is 6.19. The molecule has 2 heterocycles. The lowest BCUT2D eigenvalue weighted by molar-refractivity contribution is -0.137. The lowest BCUT2D eigenvalue weighted by atomic mass is 9.90. The second-order valence-electron chi connectivity index (χ2n) is 9.36. The lowest BCUT2D eigenvalue weighted by Gasteiger charge is -2.38. The number of pyridine rings is 1. The molecular formula is C24H29ClF3N3O2S. The Morgan fingerprint density at radius 1 is 1.26 bits per heavy atom. The molecule has 0 saturated carbocycles. The third-order valence-electron chi connectivity index (χ3n) is 5.79. The summed E-state index contributed by atoms with van der Waals surface area (Å²) in [4.78, 5) is 6.11. The van der Waals surface area contributed by atoms with Gasteiger partial charge in [0, 0.05) is 54.3 Å². The van der Waals surface area contributed by atoms with E-state index in [9.17, 15) is 17.7 Å². The Morgan fingerprint density at radius 3 is 2.44 bits per heavy atom. The van der Waals surface area contributed by atoms with E-state index in [0.717, 1.165) is 50.1 Å². The number of nitrogen functional groups attached to an aromatic ring is 1. The summed E-state index contributed by atoms with van der Waals surface area (Å²) in [5, 5.41) is -0.474. The van der Waals surface area contributed by atoms with Crippen molar-refractivity contribution in [2.45, 2.75) is 49.7 Å². The van der Waals surface area contributed by atoms with Crippen LogP contribution in [0.1, 0.15) is 39.2 Å². The monoisotopic (exact) mass is 515 g/mol. The number of hydrogen-bond donors (Lipinski definition) is 1. The summed E-state index contributed by atoms with van der Waals surface area (Å²) in [6.45, 7) is 12.7. The van der Waals surface area contributed by atoms with Crippen molar-refractivity contribution in [3.05, 3.63) is 53.3 Å². The van der Waals surface area contributed by atoms with Crippen LogP contribution in [0.5, 0.6) is 0 Å². The van der Waals surface area contributed by atoms with Crippen LogP contribution in [0.4, 0.5) is 24.5 Å². The molecule has 5 nitrogen and oxygen atoms in total. The molecule has 2 N–H and O–H groups in total. The molecule has 10 heteroatoms. The van der Waals surface area contributed by atoms with Crippen molar-refractivity contribution in [2.75, 3.05) is 30.4 Å². The maximum Gasteiger partial charge on any atom is 0.417 e. The highest BCUT2D eigenvalue weighted by atomic mass is 35.5. The number of ether oxygens (including phenoxy) is 1. The van der Waals surface area contributed by atoms with Gasteiger partial charge in [-0.1, -0.05) is 39.0 Å². The zero-order chi connectivity index (χ0) is 25.3. The fourth-order valence-electron chi connectivity index (χ4n) is 3.67. The van der Waals surface area contributed by atoms with E-state index in [1.807, 2.05) is 0 Å². The number of nitrogens with zero attached hydrogens (tertiary/aromatic N) is 2. The molecule has 1 aromatic heterocycles. The Bertz CT molecular complexity index is 1040. The zero-order valence-electron chi connectivity index (χ0n) is 19.4. The predicted octanol–water partition coefficient (Wildman–Crippen LogP) is 6.30. The van der Waals surface area contributed by atoms with Crippen LogP contribution in [0.2, 0.25) is 5.02 Å². The highest BCUT2D eigenvalue weighted by Gasteiger charge is 2.34. The molecule has 1 saturated heterocycles. The molecule has 1 aromatic carbocycles. The molecule has 2 aromatic rings. The summed E-state index contributed by atoms with van der Waals surface area (Å²) < 4.78 is 57.2. The smallest absolute Gasteiger partial charge is 0.417 e. The number of benzene rings is 1. The van der Waals surface area contributed by atoms with E-state index < -0.39 is 22.9 Å². The maximum atomic E-state index is 13.1. The minimum Gasteiger partial charge on any atom is -0.605 e. The highest BCUT2D eigenvalue weighted by molar-refractivity contribution is 7.91. The van der Waals surface area contributed by atoms with Crippen LogP contribution in [0.25, 0.3) is 0 Å². The van der Waals surface area contributed by atoms with Crippen molar-refractivity contribution in [2.24, 2.45) is 11.3 Å². The van der Waals surface area contributed by atoms with Gasteiger partial charge in [-0.25, -0.2) is 4.98 Å². The molecule has 1 unspecified atom stereocenters. The molecule has 34 heavy (non-hydrogen) atoms. The van der Waals surface area contributed by atoms with Gasteiger partial charge in [0.05, 0.1) is 16.9 Å². The molecule has 0 bridgehead atoms. The van der Waals surface area contributed by atoms with Gasteiger partial charge in [-0.3, -0.25) is 0 Å². The van der Waals surface area contributed by atoms with Crippen molar-refractivity contribution in [1.82, 2.24) is 4.98 Å². The molecule has 0 spiro atoms. The van der Waals surface area contributed by atoms with Crippen LogP contribution in [-0.4, -0.2) is 29.3 Å². The van der Waals surface area contributed by atoms with E-state index in [0.29, 0.717) is 22.7 Å². The summed E-state index contributed by atoms with van der Waals surface area (Å²) in [5.74, 6) is 0.413. The minimum absolute atomic E-state index is 0.153. The lowest BCUT2D eigenvalue weighted by Crippen LogP contribution is -2.36. The summed E-state index contributed by atoms with van der Waals surface area (Å²) in [6, 6.07) is 5.66. The van der Waals surface area contributed by atoms with Crippen molar-refractivity contribution in [1.29, 1.82) is 0 Å². The van der Waals surface area contributed by atoms with Gasteiger partial charge in [0.1, 0.15) is 5.02 Å². The van der Waals surface area contributed by atoms with E-state index in [-0.39, 0.29) is 15.5 Å². The maximum absolute atomic E-state index is 13.1. The van der Waals surface area contributed by atoms with Crippen molar-refractivity contribution < 1.29 is 22.5 Å². The van der Waals surface area contributed by atoms with Gasteiger partial charge in [0.15, 0.2) is 4.90 Å². The summed E-state index contributed by atoms with van der Waals surface area (Å²) in [7, 11) is 0. The first-order chi connectivity index (χ1) is 15.8. The first-order valence-corrected chi connectivity index (χ1v) is 12.4. The molecule has 1 aliphatic rings. The average molecular weight is 516 g/mol. The average Bonchev–Trinajstić information content (AvgIpc) is 2.76.